The lowest BCUT2D eigenvalue weighted by Crippen LogP contribution is -2.39. The Morgan fingerprint density at radius 2 is 1.75 bits per heavy atom. The van der Waals surface area contributed by atoms with Gasteiger partial charge in [0, 0.05) is 18.1 Å². The normalized spacial score (nSPS) is 27.9. The molecule has 3 atom stereocenters. The number of nitrogens with zero attached hydrogens (tertiary/aromatic N) is 2. The number of halogens is 2. The van der Waals surface area contributed by atoms with E-state index in [0.717, 1.165) is 17.6 Å². The maximum Gasteiger partial charge on any atom is 0.106 e. The number of para-hydroxylation sites is 2. The van der Waals surface area contributed by atoms with Gasteiger partial charge in [0.1, 0.15) is 5.82 Å². The number of hydrogen-bond acceptors (Lipinski definition) is 2. The van der Waals surface area contributed by atoms with Crippen LogP contribution in [-0.2, 0) is 0 Å². The van der Waals surface area contributed by atoms with Crippen LogP contribution in [0.1, 0.15) is 37.5 Å². The van der Waals surface area contributed by atoms with Crippen LogP contribution in [0.3, 0.4) is 0 Å². The molecular weight excluding hydrogens is 293 g/mol. The Morgan fingerprint density at radius 1 is 1.10 bits per heavy atom. The van der Waals surface area contributed by atoms with Crippen molar-refractivity contribution in [3.8, 4) is 0 Å². The highest BCUT2D eigenvalue weighted by Crippen LogP contribution is 2.36. The minimum Gasteiger partial charge on any atom is -0.325 e. The lowest BCUT2D eigenvalue weighted by Gasteiger charge is -2.31. The van der Waals surface area contributed by atoms with Crippen molar-refractivity contribution in [2.45, 2.75) is 50.7 Å². The van der Waals surface area contributed by atoms with Gasteiger partial charge in [-0.05, 0) is 44.7 Å². The summed E-state index contributed by atoms with van der Waals surface area (Å²) in [5, 5.41) is 3.72. The third kappa shape index (κ3) is 2.43. The molecule has 3 nitrogen and oxygen atoms in total. The van der Waals surface area contributed by atoms with E-state index in [0.29, 0.717) is 6.04 Å². The predicted octanol–water partition coefficient (Wildman–Crippen LogP) is 3.64. The molecule has 2 fully saturated rings. The van der Waals surface area contributed by atoms with E-state index in [1.54, 1.807) is 0 Å². The van der Waals surface area contributed by atoms with Gasteiger partial charge >= 0.3 is 0 Å². The molecule has 2 bridgehead atoms. The number of hydrogen-bond donors (Lipinski definition) is 1. The fourth-order valence-corrected chi connectivity index (χ4v) is 3.86. The summed E-state index contributed by atoms with van der Waals surface area (Å²) in [4.78, 5) is 4.70. The van der Waals surface area contributed by atoms with Gasteiger partial charge in [-0.3, -0.25) is 0 Å². The lowest BCUT2D eigenvalue weighted by atomic mass is 9.99. The zero-order valence-electron chi connectivity index (χ0n) is 11.6. The first-order valence-electron chi connectivity index (χ1n) is 7.01. The first-order chi connectivity index (χ1) is 8.81. The molecule has 1 unspecified atom stereocenters. The van der Waals surface area contributed by atoms with Crippen molar-refractivity contribution in [3.63, 3.8) is 0 Å². The molecule has 110 valence electrons. The Kier molecular flexibility index (Phi) is 4.62. The maximum absolute atomic E-state index is 4.70. The summed E-state index contributed by atoms with van der Waals surface area (Å²) in [7, 11) is 0. The summed E-state index contributed by atoms with van der Waals surface area (Å²) in [6.07, 6.45) is 5.23. The van der Waals surface area contributed by atoms with E-state index in [1.165, 1.54) is 37.0 Å². The summed E-state index contributed by atoms with van der Waals surface area (Å²) >= 11 is 0. The van der Waals surface area contributed by atoms with Gasteiger partial charge in [0.05, 0.1) is 11.0 Å². The van der Waals surface area contributed by atoms with E-state index in [9.17, 15) is 0 Å². The van der Waals surface area contributed by atoms with Crippen LogP contribution in [-0.4, -0.2) is 21.6 Å². The highest BCUT2D eigenvalue weighted by Gasteiger charge is 2.35. The Balaban J connectivity index is 0.000000735. The lowest BCUT2D eigenvalue weighted by molar-refractivity contribution is 0.300. The van der Waals surface area contributed by atoms with Gasteiger partial charge in [-0.2, -0.15) is 0 Å². The molecule has 3 heterocycles. The number of rotatable bonds is 1. The number of aromatic nitrogens is 2. The van der Waals surface area contributed by atoms with Gasteiger partial charge in [-0.15, -0.1) is 24.8 Å². The molecule has 0 spiro atoms. The van der Waals surface area contributed by atoms with Crippen LogP contribution in [0, 0.1) is 6.92 Å². The Labute approximate surface area is 132 Å². The van der Waals surface area contributed by atoms with Crippen molar-refractivity contribution in [2.75, 3.05) is 0 Å². The van der Waals surface area contributed by atoms with Crippen LogP contribution in [0.4, 0.5) is 0 Å². The van der Waals surface area contributed by atoms with Gasteiger partial charge < -0.3 is 9.88 Å². The molecule has 2 aromatic rings. The Bertz CT molecular complexity index is 584. The van der Waals surface area contributed by atoms with Crippen molar-refractivity contribution in [2.24, 2.45) is 0 Å². The van der Waals surface area contributed by atoms with Gasteiger partial charge in [0.2, 0.25) is 0 Å². The monoisotopic (exact) mass is 313 g/mol. The molecule has 1 N–H and O–H groups in total. The third-order valence-corrected chi connectivity index (χ3v) is 4.59. The second-order valence-electron chi connectivity index (χ2n) is 5.78. The highest BCUT2D eigenvalue weighted by atomic mass is 35.5. The van der Waals surface area contributed by atoms with Crippen LogP contribution in [0.25, 0.3) is 11.0 Å². The smallest absolute Gasteiger partial charge is 0.106 e. The molecule has 2 aliphatic heterocycles. The standard InChI is InChI=1S/C15H19N3.2ClH/c1-10-16-14-4-2-3-5-15(14)18(10)13-8-11-6-7-12(9-13)17-11;;/h2-5,11-13,17H,6-9H2,1H3;2*1H/t11-,12+,13?;;. The number of aryl methyl sites for hydroxylation is 1. The second kappa shape index (κ2) is 5.92. The number of fused-ring (bicyclic) bond motifs is 3. The van der Waals surface area contributed by atoms with Crippen LogP contribution in [0.5, 0.6) is 0 Å². The number of piperidine rings is 1. The Hall–Kier alpha value is -0.770. The van der Waals surface area contributed by atoms with E-state index >= 15 is 0 Å². The largest absolute Gasteiger partial charge is 0.325 e. The third-order valence-electron chi connectivity index (χ3n) is 4.59. The molecule has 0 amide bonds. The minimum absolute atomic E-state index is 0. The van der Waals surface area contributed by atoms with E-state index in [4.69, 9.17) is 4.98 Å². The molecule has 0 aliphatic carbocycles. The van der Waals surface area contributed by atoms with Crippen LogP contribution in [0.15, 0.2) is 24.3 Å². The van der Waals surface area contributed by atoms with Crippen LogP contribution >= 0.6 is 24.8 Å². The minimum atomic E-state index is 0. The molecule has 5 heteroatoms. The fraction of sp³-hybridized carbons (Fsp3) is 0.533. The topological polar surface area (TPSA) is 29.9 Å². The molecule has 20 heavy (non-hydrogen) atoms. The van der Waals surface area contributed by atoms with Gasteiger partial charge in [-0.1, -0.05) is 12.1 Å². The van der Waals surface area contributed by atoms with Crippen molar-refractivity contribution in [3.05, 3.63) is 30.1 Å². The predicted molar refractivity (Wildman–Crippen MR) is 87.2 cm³/mol. The zero-order chi connectivity index (χ0) is 12.1. The van der Waals surface area contributed by atoms with Gasteiger partial charge in [0.15, 0.2) is 0 Å². The average molecular weight is 314 g/mol. The summed E-state index contributed by atoms with van der Waals surface area (Å²) in [5.74, 6) is 1.17. The van der Waals surface area contributed by atoms with Crippen LogP contribution in [0.2, 0.25) is 0 Å². The van der Waals surface area contributed by atoms with Gasteiger partial charge in [-0.25, -0.2) is 4.98 Å². The second-order valence-corrected chi connectivity index (χ2v) is 5.78. The molecule has 1 aromatic heterocycles. The molecule has 2 saturated heterocycles. The summed E-state index contributed by atoms with van der Waals surface area (Å²) in [6, 6.07) is 10.6. The number of imidazole rings is 1. The molecule has 0 saturated carbocycles. The van der Waals surface area contributed by atoms with Crippen LogP contribution < -0.4 is 5.32 Å². The summed E-state index contributed by atoms with van der Waals surface area (Å²) in [5.41, 5.74) is 2.45. The van der Waals surface area contributed by atoms with Crippen molar-refractivity contribution in [1.29, 1.82) is 0 Å². The summed E-state index contributed by atoms with van der Waals surface area (Å²) in [6.45, 7) is 2.14. The van der Waals surface area contributed by atoms with Gasteiger partial charge in [0.25, 0.3) is 0 Å². The fourth-order valence-electron chi connectivity index (χ4n) is 3.86. The van der Waals surface area contributed by atoms with E-state index < -0.39 is 0 Å². The highest BCUT2D eigenvalue weighted by molar-refractivity contribution is 5.85. The van der Waals surface area contributed by atoms with E-state index in [2.05, 4.69) is 41.1 Å². The number of benzene rings is 1. The zero-order valence-corrected chi connectivity index (χ0v) is 13.2. The molecule has 2 aliphatic rings. The molecule has 1 aromatic carbocycles. The van der Waals surface area contributed by atoms with E-state index in [1.807, 2.05) is 0 Å². The first kappa shape index (κ1) is 15.6. The SMILES string of the molecule is Cc1nc2ccccc2n1C1C[C@H]2CC[C@@H](C1)N2.Cl.Cl. The quantitative estimate of drug-likeness (QED) is 0.871. The molecular formula is C15H21Cl2N3. The molecule has 4 rings (SSSR count). The Morgan fingerprint density at radius 3 is 2.45 bits per heavy atom. The average Bonchev–Trinajstić information content (AvgIpc) is 2.88. The van der Waals surface area contributed by atoms with Crippen molar-refractivity contribution in [1.82, 2.24) is 14.9 Å². The van der Waals surface area contributed by atoms with E-state index in [-0.39, 0.29) is 24.8 Å². The number of nitrogens with one attached hydrogen (secondary N) is 1. The van der Waals surface area contributed by atoms with Crippen molar-refractivity contribution >= 4 is 35.8 Å². The molecule has 0 radical (unpaired) electrons. The van der Waals surface area contributed by atoms with Crippen molar-refractivity contribution < 1.29 is 0 Å². The summed E-state index contributed by atoms with van der Waals surface area (Å²) < 4.78 is 2.47. The maximum atomic E-state index is 4.70. The first-order valence-corrected chi connectivity index (χ1v) is 7.01.